The Morgan fingerprint density at radius 2 is 1.48 bits per heavy atom. The number of rotatable bonds is 7. The Morgan fingerprint density at radius 1 is 0.935 bits per heavy atom. The van der Waals surface area contributed by atoms with E-state index in [2.05, 4.69) is 30.8 Å². The molecule has 160 valence electrons. The molecule has 0 radical (unpaired) electrons. The molecular weight excluding hydrogens is 402 g/mol. The molecule has 3 nitrogen and oxygen atoms in total. The van der Waals surface area contributed by atoms with Crippen LogP contribution in [0.2, 0.25) is 0 Å². The quantitative estimate of drug-likeness (QED) is 0.362. The summed E-state index contributed by atoms with van der Waals surface area (Å²) in [5.74, 6) is -0.0595. The van der Waals surface area contributed by atoms with E-state index >= 15 is 0 Å². The van der Waals surface area contributed by atoms with Gasteiger partial charge in [-0.15, -0.1) is 6.58 Å². The van der Waals surface area contributed by atoms with Crippen LogP contribution in [0.15, 0.2) is 90.3 Å². The molecule has 0 aromatic heterocycles. The average Bonchev–Trinajstić information content (AvgIpc) is 3.43. The summed E-state index contributed by atoms with van der Waals surface area (Å²) >= 11 is 0. The van der Waals surface area contributed by atoms with E-state index in [4.69, 9.17) is 0 Å². The SMILES string of the molecule is C=CC(c1ccccc1)[C@H]1[C@H](Cc2ccccc2)N1S(=O)(=O)c1c(C)cc(C)cc1C. The van der Waals surface area contributed by atoms with Gasteiger partial charge in [-0.05, 0) is 49.4 Å². The molecule has 0 spiro atoms. The Morgan fingerprint density at radius 3 is 2.03 bits per heavy atom. The van der Waals surface area contributed by atoms with Gasteiger partial charge >= 0.3 is 0 Å². The second-order valence-electron chi connectivity index (χ2n) is 8.48. The van der Waals surface area contributed by atoms with Gasteiger partial charge in [-0.3, -0.25) is 0 Å². The van der Waals surface area contributed by atoms with Crippen LogP contribution in [0.5, 0.6) is 0 Å². The average molecular weight is 432 g/mol. The molecule has 3 aromatic rings. The highest BCUT2D eigenvalue weighted by atomic mass is 32.2. The van der Waals surface area contributed by atoms with E-state index in [9.17, 15) is 8.42 Å². The Balaban J connectivity index is 1.77. The van der Waals surface area contributed by atoms with Crippen molar-refractivity contribution in [3.63, 3.8) is 0 Å². The Kier molecular flexibility index (Phi) is 5.87. The standard InChI is InChI=1S/C27H29NO2S/c1-5-24(23-14-10-7-11-15-23)26-25(18-22-12-8-6-9-13-22)28(26)31(29,30)27-20(3)16-19(2)17-21(27)4/h5-17,24-26H,1,18H2,2-4H3/t24?,25-,26-,28?/m0/s1. The van der Waals surface area contributed by atoms with Crippen molar-refractivity contribution in [1.82, 2.24) is 4.31 Å². The van der Waals surface area contributed by atoms with Crippen molar-refractivity contribution in [2.45, 2.75) is 50.1 Å². The fraction of sp³-hybridized carbons (Fsp3) is 0.259. The monoisotopic (exact) mass is 431 g/mol. The lowest BCUT2D eigenvalue weighted by molar-refractivity contribution is 0.538. The number of hydrogen-bond donors (Lipinski definition) is 0. The maximum absolute atomic E-state index is 13.9. The number of hydrogen-bond acceptors (Lipinski definition) is 2. The van der Waals surface area contributed by atoms with E-state index in [1.54, 1.807) is 4.31 Å². The number of nitrogens with zero attached hydrogens (tertiary/aromatic N) is 1. The normalized spacial score (nSPS) is 21.5. The molecule has 1 saturated heterocycles. The molecule has 1 aliphatic rings. The van der Waals surface area contributed by atoms with Gasteiger partial charge in [0.2, 0.25) is 10.0 Å². The minimum absolute atomic E-state index is 0.0595. The van der Waals surface area contributed by atoms with Crippen LogP contribution in [0.4, 0.5) is 0 Å². The van der Waals surface area contributed by atoms with E-state index in [1.807, 2.05) is 75.4 Å². The van der Waals surface area contributed by atoms with Crippen LogP contribution in [0, 0.1) is 20.8 Å². The molecule has 0 amide bonds. The van der Waals surface area contributed by atoms with E-state index in [-0.39, 0.29) is 18.0 Å². The van der Waals surface area contributed by atoms with Crippen molar-refractivity contribution in [2.75, 3.05) is 0 Å². The first-order chi connectivity index (χ1) is 14.8. The number of aryl methyl sites for hydroxylation is 3. The third kappa shape index (κ3) is 4.10. The minimum Gasteiger partial charge on any atom is -0.207 e. The lowest BCUT2D eigenvalue weighted by atomic mass is 9.92. The Hall–Kier alpha value is -2.69. The first-order valence-corrected chi connectivity index (χ1v) is 12.1. The van der Waals surface area contributed by atoms with E-state index in [0.29, 0.717) is 11.3 Å². The summed E-state index contributed by atoms with van der Waals surface area (Å²) in [5, 5.41) is 0. The van der Waals surface area contributed by atoms with Crippen LogP contribution in [-0.4, -0.2) is 24.8 Å². The maximum atomic E-state index is 13.9. The molecule has 31 heavy (non-hydrogen) atoms. The molecule has 1 fully saturated rings. The fourth-order valence-electron chi connectivity index (χ4n) is 4.91. The Bertz CT molecular complexity index is 1160. The van der Waals surface area contributed by atoms with Gasteiger partial charge in [0.05, 0.1) is 10.9 Å². The molecule has 4 rings (SSSR count). The molecule has 1 heterocycles. The van der Waals surface area contributed by atoms with E-state index < -0.39 is 10.0 Å². The smallest absolute Gasteiger partial charge is 0.207 e. The van der Waals surface area contributed by atoms with Gasteiger partial charge in [0.15, 0.2) is 0 Å². The zero-order chi connectivity index (χ0) is 22.2. The highest BCUT2D eigenvalue weighted by Crippen LogP contribution is 2.47. The molecule has 0 saturated carbocycles. The summed E-state index contributed by atoms with van der Waals surface area (Å²) in [5.41, 5.74) is 4.91. The second-order valence-corrected chi connectivity index (χ2v) is 10.3. The van der Waals surface area contributed by atoms with Crippen LogP contribution < -0.4 is 0 Å². The van der Waals surface area contributed by atoms with Crippen LogP contribution >= 0.6 is 0 Å². The molecular formula is C27H29NO2S. The van der Waals surface area contributed by atoms with Gasteiger partial charge in [0, 0.05) is 12.0 Å². The summed E-state index contributed by atoms with van der Waals surface area (Å²) in [6.07, 6.45) is 2.58. The van der Waals surface area contributed by atoms with Crippen LogP contribution in [-0.2, 0) is 16.4 Å². The van der Waals surface area contributed by atoms with Crippen LogP contribution in [0.3, 0.4) is 0 Å². The molecule has 0 bridgehead atoms. The fourth-order valence-corrected chi connectivity index (χ4v) is 7.14. The molecule has 0 aliphatic carbocycles. The molecule has 4 heteroatoms. The van der Waals surface area contributed by atoms with Gasteiger partial charge in [-0.1, -0.05) is 84.4 Å². The lowest BCUT2D eigenvalue weighted by Crippen LogP contribution is -2.20. The van der Waals surface area contributed by atoms with E-state index in [1.165, 1.54) is 0 Å². The van der Waals surface area contributed by atoms with Gasteiger partial charge in [-0.2, -0.15) is 4.31 Å². The summed E-state index contributed by atoms with van der Waals surface area (Å²) in [4.78, 5) is 0.439. The Labute approximate surface area is 186 Å². The van der Waals surface area contributed by atoms with Gasteiger partial charge < -0.3 is 0 Å². The van der Waals surface area contributed by atoms with Gasteiger partial charge in [-0.25, -0.2) is 8.42 Å². The molecule has 2 unspecified atom stereocenters. The molecule has 4 atom stereocenters. The maximum Gasteiger partial charge on any atom is 0.244 e. The van der Waals surface area contributed by atoms with Crippen molar-refractivity contribution in [1.29, 1.82) is 0 Å². The van der Waals surface area contributed by atoms with Crippen LogP contribution in [0.25, 0.3) is 0 Å². The summed E-state index contributed by atoms with van der Waals surface area (Å²) in [6.45, 7) is 9.83. The summed E-state index contributed by atoms with van der Waals surface area (Å²) < 4.78 is 29.5. The number of sulfonamides is 1. The van der Waals surface area contributed by atoms with E-state index in [0.717, 1.165) is 27.8 Å². The third-order valence-electron chi connectivity index (χ3n) is 6.16. The van der Waals surface area contributed by atoms with Gasteiger partial charge in [0.1, 0.15) is 0 Å². The third-order valence-corrected chi connectivity index (χ3v) is 8.39. The summed E-state index contributed by atoms with van der Waals surface area (Å²) in [6, 6.07) is 23.8. The van der Waals surface area contributed by atoms with Crippen LogP contribution in [0.1, 0.15) is 33.7 Å². The first-order valence-electron chi connectivity index (χ1n) is 10.7. The van der Waals surface area contributed by atoms with Crippen molar-refractivity contribution in [2.24, 2.45) is 0 Å². The molecule has 0 N–H and O–H groups in total. The summed E-state index contributed by atoms with van der Waals surface area (Å²) in [7, 11) is -3.64. The van der Waals surface area contributed by atoms with Gasteiger partial charge in [0.25, 0.3) is 0 Å². The highest BCUT2D eigenvalue weighted by Gasteiger charge is 2.58. The highest BCUT2D eigenvalue weighted by molar-refractivity contribution is 7.89. The minimum atomic E-state index is -3.64. The zero-order valence-electron chi connectivity index (χ0n) is 18.3. The number of benzene rings is 3. The first kappa shape index (κ1) is 21.5. The van der Waals surface area contributed by atoms with Crippen molar-refractivity contribution in [3.8, 4) is 0 Å². The zero-order valence-corrected chi connectivity index (χ0v) is 19.1. The molecule has 1 aliphatic heterocycles. The lowest BCUT2D eigenvalue weighted by Gasteiger charge is -2.16. The van der Waals surface area contributed by atoms with Crippen molar-refractivity contribution >= 4 is 10.0 Å². The molecule has 3 aromatic carbocycles. The van der Waals surface area contributed by atoms with Crippen molar-refractivity contribution in [3.05, 3.63) is 113 Å². The van der Waals surface area contributed by atoms with Crippen molar-refractivity contribution < 1.29 is 8.42 Å². The largest absolute Gasteiger partial charge is 0.244 e. The predicted molar refractivity (Wildman–Crippen MR) is 127 cm³/mol. The topological polar surface area (TPSA) is 37.1 Å². The predicted octanol–water partition coefficient (Wildman–Crippen LogP) is 5.57. The second kappa shape index (κ2) is 8.45.